The molecule has 0 aromatic heterocycles. The Labute approximate surface area is 150 Å². The molecule has 0 radical (unpaired) electrons. The molecule has 0 aromatic rings. The van der Waals surface area contributed by atoms with Gasteiger partial charge in [-0.25, -0.2) is 0 Å². The summed E-state index contributed by atoms with van der Waals surface area (Å²) >= 11 is 0. The largest absolute Gasteiger partial charge is 0.393 e. The maximum Gasteiger partial charge on any atom is 0.133 e. The predicted octanol–water partition coefficient (Wildman–Crippen LogP) is 2.75. The van der Waals surface area contributed by atoms with Crippen LogP contribution in [0.5, 0.6) is 0 Å². The normalized spacial score (nSPS) is 55.2. The molecule has 0 heterocycles. The van der Waals surface area contributed by atoms with Crippen molar-refractivity contribution in [3.05, 3.63) is 0 Å². The summed E-state index contributed by atoms with van der Waals surface area (Å²) in [5, 5.41) is 22.2. The molecule has 0 aromatic carbocycles. The SMILES string of the molecule is CC(=O)[C@H]1CC[C@H]2[C@H]3[C@H]([C@H](O)C[C@]12C)[C@@]1(C)CCC(=O)C[C@H]1C[C@H]3O. The summed E-state index contributed by atoms with van der Waals surface area (Å²) in [4.78, 5) is 24.2. The number of aliphatic hydroxyl groups excluding tert-OH is 2. The van der Waals surface area contributed by atoms with Crippen molar-refractivity contribution in [2.45, 2.75) is 77.9 Å². The van der Waals surface area contributed by atoms with Gasteiger partial charge in [0.2, 0.25) is 0 Å². The molecule has 4 heteroatoms. The third kappa shape index (κ3) is 2.32. The Kier molecular flexibility index (Phi) is 3.98. The fourth-order valence-corrected chi connectivity index (χ4v) is 7.79. The first kappa shape index (κ1) is 17.7. The summed E-state index contributed by atoms with van der Waals surface area (Å²) < 4.78 is 0. The van der Waals surface area contributed by atoms with Crippen LogP contribution in [-0.4, -0.2) is 34.0 Å². The van der Waals surface area contributed by atoms with Crippen molar-refractivity contribution < 1.29 is 19.8 Å². The van der Waals surface area contributed by atoms with Crippen LogP contribution in [0.3, 0.4) is 0 Å². The van der Waals surface area contributed by atoms with Crippen LogP contribution in [0, 0.1) is 40.4 Å². The number of rotatable bonds is 1. The van der Waals surface area contributed by atoms with Crippen molar-refractivity contribution in [1.82, 2.24) is 0 Å². The molecule has 9 atom stereocenters. The van der Waals surface area contributed by atoms with Crippen molar-refractivity contribution in [1.29, 1.82) is 0 Å². The van der Waals surface area contributed by atoms with E-state index in [0.29, 0.717) is 37.4 Å². The van der Waals surface area contributed by atoms with Crippen LogP contribution in [0.25, 0.3) is 0 Å². The van der Waals surface area contributed by atoms with E-state index in [4.69, 9.17) is 0 Å². The Morgan fingerprint density at radius 2 is 1.84 bits per heavy atom. The van der Waals surface area contributed by atoms with E-state index in [2.05, 4.69) is 13.8 Å². The molecule has 4 rings (SSSR count). The molecular formula is C21H32O4. The zero-order chi connectivity index (χ0) is 18.1. The van der Waals surface area contributed by atoms with E-state index in [1.165, 1.54) is 0 Å². The van der Waals surface area contributed by atoms with Crippen molar-refractivity contribution in [2.75, 3.05) is 0 Å². The summed E-state index contributed by atoms with van der Waals surface area (Å²) in [7, 11) is 0. The molecule has 4 fully saturated rings. The van der Waals surface area contributed by atoms with E-state index < -0.39 is 12.2 Å². The number of ketones is 2. The topological polar surface area (TPSA) is 74.6 Å². The van der Waals surface area contributed by atoms with Gasteiger partial charge in [0.15, 0.2) is 0 Å². The molecule has 0 bridgehead atoms. The van der Waals surface area contributed by atoms with Gasteiger partial charge in [-0.15, -0.1) is 0 Å². The summed E-state index contributed by atoms with van der Waals surface area (Å²) in [5.74, 6) is 1.16. The van der Waals surface area contributed by atoms with Gasteiger partial charge in [0.05, 0.1) is 12.2 Å². The molecule has 25 heavy (non-hydrogen) atoms. The van der Waals surface area contributed by atoms with Gasteiger partial charge in [-0.05, 0) is 73.5 Å². The second kappa shape index (κ2) is 5.63. The third-order valence-corrected chi connectivity index (χ3v) is 8.92. The predicted molar refractivity (Wildman–Crippen MR) is 93.7 cm³/mol. The zero-order valence-corrected chi connectivity index (χ0v) is 15.7. The maximum atomic E-state index is 12.2. The van der Waals surface area contributed by atoms with Crippen LogP contribution in [0.4, 0.5) is 0 Å². The molecular weight excluding hydrogens is 316 g/mol. The highest BCUT2D eigenvalue weighted by atomic mass is 16.3. The number of fused-ring (bicyclic) bond motifs is 5. The Morgan fingerprint density at radius 1 is 1.12 bits per heavy atom. The molecule has 4 saturated carbocycles. The molecule has 0 unspecified atom stereocenters. The fraction of sp³-hybridized carbons (Fsp3) is 0.905. The van der Waals surface area contributed by atoms with E-state index in [1.807, 2.05) is 0 Å². The molecule has 0 amide bonds. The third-order valence-electron chi connectivity index (χ3n) is 8.92. The monoisotopic (exact) mass is 348 g/mol. The molecule has 2 N–H and O–H groups in total. The molecule has 4 aliphatic rings. The summed E-state index contributed by atoms with van der Waals surface area (Å²) in [6, 6.07) is 0. The quantitative estimate of drug-likeness (QED) is 0.764. The molecule has 0 saturated heterocycles. The summed E-state index contributed by atoms with van der Waals surface area (Å²) in [5.41, 5.74) is -0.256. The number of carbonyl (C=O) groups excluding carboxylic acids is 2. The number of hydrogen-bond acceptors (Lipinski definition) is 4. The first-order chi connectivity index (χ1) is 11.7. The van der Waals surface area contributed by atoms with Gasteiger partial charge in [0.25, 0.3) is 0 Å². The zero-order valence-electron chi connectivity index (χ0n) is 15.7. The Balaban J connectivity index is 1.73. The lowest BCUT2D eigenvalue weighted by Gasteiger charge is -2.62. The van der Waals surface area contributed by atoms with Gasteiger partial charge in [-0.2, -0.15) is 0 Å². The minimum absolute atomic E-state index is 0.0127. The Morgan fingerprint density at radius 3 is 2.52 bits per heavy atom. The van der Waals surface area contributed by atoms with Crippen LogP contribution < -0.4 is 0 Å². The highest BCUT2D eigenvalue weighted by Gasteiger charge is 2.65. The molecule has 4 nitrogen and oxygen atoms in total. The Bertz CT molecular complexity index is 601. The second-order valence-corrected chi connectivity index (χ2v) is 9.98. The lowest BCUT2D eigenvalue weighted by Crippen LogP contribution is -2.63. The van der Waals surface area contributed by atoms with Crippen molar-refractivity contribution in [2.24, 2.45) is 40.4 Å². The van der Waals surface area contributed by atoms with Crippen LogP contribution in [0.1, 0.15) is 65.7 Å². The van der Waals surface area contributed by atoms with Crippen LogP contribution >= 0.6 is 0 Å². The van der Waals surface area contributed by atoms with Crippen LogP contribution in [0.15, 0.2) is 0 Å². The maximum absolute atomic E-state index is 12.2. The van der Waals surface area contributed by atoms with Crippen molar-refractivity contribution in [3.63, 3.8) is 0 Å². The van der Waals surface area contributed by atoms with Crippen molar-refractivity contribution in [3.8, 4) is 0 Å². The molecule has 140 valence electrons. The molecule has 0 aliphatic heterocycles. The summed E-state index contributed by atoms with van der Waals surface area (Å²) in [6.45, 7) is 6.09. The summed E-state index contributed by atoms with van der Waals surface area (Å²) in [6.07, 6.45) is 4.25. The van der Waals surface area contributed by atoms with Gasteiger partial charge >= 0.3 is 0 Å². The Hall–Kier alpha value is -0.740. The smallest absolute Gasteiger partial charge is 0.133 e. The lowest BCUT2D eigenvalue weighted by atomic mass is 9.43. The van der Waals surface area contributed by atoms with Gasteiger partial charge in [0.1, 0.15) is 11.6 Å². The number of carbonyl (C=O) groups is 2. The van der Waals surface area contributed by atoms with E-state index in [1.54, 1.807) is 6.92 Å². The first-order valence-corrected chi connectivity index (χ1v) is 10.1. The minimum atomic E-state index is -0.484. The van der Waals surface area contributed by atoms with E-state index in [0.717, 1.165) is 19.3 Å². The molecule has 0 spiro atoms. The fourth-order valence-electron chi connectivity index (χ4n) is 7.79. The van der Waals surface area contributed by atoms with Gasteiger partial charge in [-0.1, -0.05) is 13.8 Å². The van der Waals surface area contributed by atoms with Gasteiger partial charge < -0.3 is 10.2 Å². The van der Waals surface area contributed by atoms with E-state index in [9.17, 15) is 19.8 Å². The number of hydrogen-bond donors (Lipinski definition) is 2. The van der Waals surface area contributed by atoms with Crippen molar-refractivity contribution >= 4 is 11.6 Å². The van der Waals surface area contributed by atoms with E-state index >= 15 is 0 Å². The first-order valence-electron chi connectivity index (χ1n) is 10.1. The standard InChI is InChI=1S/C21H32O4/c1-11(22)14-4-5-15-18-16(24)9-12-8-13(23)6-7-20(12,2)19(18)17(25)10-21(14,15)3/h12,14-19,24-25H,4-10H2,1-3H3/t12-,14+,15-,16+,17+,18+,19-,20-,21+/m0/s1. The minimum Gasteiger partial charge on any atom is -0.393 e. The average Bonchev–Trinajstić information content (AvgIpc) is 2.85. The van der Waals surface area contributed by atoms with E-state index in [-0.39, 0.29) is 40.3 Å². The second-order valence-electron chi connectivity index (χ2n) is 9.98. The number of Topliss-reactive ketones (excluding diaryl/α,β-unsaturated/α-hetero) is 2. The average molecular weight is 348 g/mol. The van der Waals surface area contributed by atoms with Gasteiger partial charge in [0, 0.05) is 18.8 Å². The highest BCUT2D eigenvalue weighted by Crippen LogP contribution is 2.67. The lowest BCUT2D eigenvalue weighted by molar-refractivity contribution is -0.204. The molecule has 4 aliphatic carbocycles. The highest BCUT2D eigenvalue weighted by molar-refractivity contribution is 5.80. The van der Waals surface area contributed by atoms with Gasteiger partial charge in [-0.3, -0.25) is 9.59 Å². The van der Waals surface area contributed by atoms with Crippen LogP contribution in [0.2, 0.25) is 0 Å². The number of aliphatic hydroxyl groups is 2. The van der Waals surface area contributed by atoms with Crippen LogP contribution in [-0.2, 0) is 9.59 Å².